The normalized spacial score (nSPS) is 20.9. The molecule has 100 valence electrons. The Balaban J connectivity index is 2.28. The predicted molar refractivity (Wildman–Crippen MR) is 58.6 cm³/mol. The molecule has 18 heavy (non-hydrogen) atoms. The topological polar surface area (TPSA) is 123 Å². The van der Waals surface area contributed by atoms with E-state index in [4.69, 9.17) is 20.2 Å². The van der Waals surface area contributed by atoms with Gasteiger partial charge in [-0.15, -0.1) is 0 Å². The molecule has 1 saturated heterocycles. The van der Waals surface area contributed by atoms with Gasteiger partial charge in [-0.05, 0) is 0 Å². The van der Waals surface area contributed by atoms with Crippen LogP contribution < -0.4 is 5.32 Å². The molecule has 0 spiro atoms. The Morgan fingerprint density at radius 3 is 2.94 bits per heavy atom. The van der Waals surface area contributed by atoms with Crippen molar-refractivity contribution in [3.8, 4) is 6.07 Å². The lowest BCUT2D eigenvalue weighted by Crippen LogP contribution is -2.49. The van der Waals surface area contributed by atoms with Crippen molar-refractivity contribution in [3.63, 3.8) is 0 Å². The quantitative estimate of drug-likeness (QED) is 0.578. The number of nitrogens with zero attached hydrogens (tertiary/aromatic N) is 2. The molecule has 0 radical (unpaired) electrons. The van der Waals surface area contributed by atoms with E-state index in [1.165, 1.54) is 4.90 Å². The monoisotopic (exact) mass is 257 g/mol. The lowest BCUT2D eigenvalue weighted by molar-refractivity contribution is -0.146. The van der Waals surface area contributed by atoms with Gasteiger partial charge in [0.25, 0.3) is 0 Å². The van der Waals surface area contributed by atoms with Crippen molar-refractivity contribution in [3.05, 3.63) is 0 Å². The van der Waals surface area contributed by atoms with Crippen LogP contribution in [0, 0.1) is 11.3 Å². The smallest absolute Gasteiger partial charge is 0.332 e. The molecule has 0 saturated carbocycles. The maximum atomic E-state index is 11.6. The first-order valence-electron chi connectivity index (χ1n) is 5.49. The molecule has 8 heteroatoms. The number of carbonyl (C=O) groups is 2. The molecule has 0 aromatic heterocycles. The molecule has 1 rings (SSSR count). The average molecular weight is 257 g/mol. The second-order valence-electron chi connectivity index (χ2n) is 3.81. The molecule has 0 aromatic rings. The van der Waals surface area contributed by atoms with Gasteiger partial charge in [-0.1, -0.05) is 0 Å². The summed E-state index contributed by atoms with van der Waals surface area (Å²) < 4.78 is 5.08. The van der Waals surface area contributed by atoms with E-state index in [1.54, 1.807) is 0 Å². The van der Waals surface area contributed by atoms with E-state index in [9.17, 15) is 9.59 Å². The van der Waals surface area contributed by atoms with Crippen LogP contribution in [0.4, 0.5) is 4.79 Å². The van der Waals surface area contributed by atoms with Crippen LogP contribution in [0.3, 0.4) is 0 Å². The molecule has 8 nitrogen and oxygen atoms in total. The molecule has 2 amide bonds. The summed E-state index contributed by atoms with van der Waals surface area (Å²) in [6.07, 6.45) is -2.18. The highest BCUT2D eigenvalue weighted by Crippen LogP contribution is 2.04. The fourth-order valence-electron chi connectivity index (χ4n) is 1.46. The second-order valence-corrected chi connectivity index (χ2v) is 3.81. The van der Waals surface area contributed by atoms with Crippen LogP contribution in [0.2, 0.25) is 0 Å². The third-order valence-corrected chi connectivity index (χ3v) is 2.48. The minimum Gasteiger partial charge on any atom is -0.479 e. The third-order valence-electron chi connectivity index (χ3n) is 2.48. The Bertz CT molecular complexity index is 354. The summed E-state index contributed by atoms with van der Waals surface area (Å²) in [5.41, 5.74) is 0. The van der Waals surface area contributed by atoms with Crippen molar-refractivity contribution in [2.75, 3.05) is 26.2 Å². The molecular formula is C10H15N3O5. The molecule has 0 bridgehead atoms. The summed E-state index contributed by atoms with van der Waals surface area (Å²) >= 11 is 0. The zero-order valence-electron chi connectivity index (χ0n) is 9.70. The Hall–Kier alpha value is -1.85. The number of urea groups is 1. The number of aliphatic carboxylic acids is 1. The van der Waals surface area contributed by atoms with Crippen LogP contribution in [-0.4, -0.2) is 65.6 Å². The van der Waals surface area contributed by atoms with Gasteiger partial charge < -0.3 is 25.2 Å². The largest absolute Gasteiger partial charge is 0.479 e. The van der Waals surface area contributed by atoms with Crippen LogP contribution in [0.1, 0.15) is 6.42 Å². The number of rotatable bonds is 4. The number of carbonyl (C=O) groups excluding carboxylic acids is 1. The molecule has 2 unspecified atom stereocenters. The number of aliphatic hydroxyl groups excluding tert-OH is 1. The number of ether oxygens (including phenoxy) is 1. The number of nitriles is 1. The lowest BCUT2D eigenvalue weighted by Gasteiger charge is -2.29. The summed E-state index contributed by atoms with van der Waals surface area (Å²) in [6.45, 7) is 0.916. The third kappa shape index (κ3) is 4.20. The summed E-state index contributed by atoms with van der Waals surface area (Å²) in [5, 5.41) is 28.6. The Morgan fingerprint density at radius 2 is 2.33 bits per heavy atom. The van der Waals surface area contributed by atoms with Crippen LogP contribution in [-0.2, 0) is 9.53 Å². The molecule has 2 atom stereocenters. The van der Waals surface area contributed by atoms with Gasteiger partial charge in [0, 0.05) is 19.5 Å². The molecule has 0 aromatic carbocycles. The predicted octanol–water partition coefficient (Wildman–Crippen LogP) is -1.24. The summed E-state index contributed by atoms with van der Waals surface area (Å²) in [4.78, 5) is 23.4. The average Bonchev–Trinajstić information content (AvgIpc) is 2.38. The number of nitrogens with one attached hydrogen (secondary N) is 1. The molecule has 1 aliphatic rings. The Morgan fingerprint density at radius 1 is 1.61 bits per heavy atom. The van der Waals surface area contributed by atoms with Gasteiger partial charge >= 0.3 is 12.0 Å². The number of carboxylic acid groups (broad SMARTS) is 1. The van der Waals surface area contributed by atoms with Gasteiger partial charge in [0.1, 0.15) is 0 Å². The SMILES string of the molecule is N#CC1CN(C(=O)NCCC(O)C(=O)O)CCO1. The van der Waals surface area contributed by atoms with Crippen molar-refractivity contribution in [2.45, 2.75) is 18.6 Å². The van der Waals surface area contributed by atoms with E-state index < -0.39 is 24.2 Å². The number of carboxylic acids is 1. The van der Waals surface area contributed by atoms with Crippen LogP contribution >= 0.6 is 0 Å². The van der Waals surface area contributed by atoms with Gasteiger partial charge in [0.15, 0.2) is 12.2 Å². The van der Waals surface area contributed by atoms with Crippen molar-refractivity contribution in [1.82, 2.24) is 10.2 Å². The Kier molecular flexibility index (Phi) is 5.35. The highest BCUT2D eigenvalue weighted by molar-refractivity contribution is 5.75. The van der Waals surface area contributed by atoms with Crippen LogP contribution in [0.15, 0.2) is 0 Å². The van der Waals surface area contributed by atoms with E-state index in [1.807, 2.05) is 6.07 Å². The molecule has 1 aliphatic heterocycles. The van der Waals surface area contributed by atoms with Gasteiger partial charge in [-0.3, -0.25) is 0 Å². The van der Waals surface area contributed by atoms with Gasteiger partial charge in [0.05, 0.1) is 19.2 Å². The van der Waals surface area contributed by atoms with Crippen LogP contribution in [0.5, 0.6) is 0 Å². The Labute approximate surface area is 104 Å². The number of hydrogen-bond acceptors (Lipinski definition) is 5. The summed E-state index contributed by atoms with van der Waals surface area (Å²) in [6, 6.07) is 1.52. The summed E-state index contributed by atoms with van der Waals surface area (Å²) in [5.74, 6) is -1.32. The first-order valence-corrected chi connectivity index (χ1v) is 5.49. The number of morpholine rings is 1. The van der Waals surface area contributed by atoms with Crippen LogP contribution in [0.25, 0.3) is 0 Å². The fourth-order valence-corrected chi connectivity index (χ4v) is 1.46. The van der Waals surface area contributed by atoms with Gasteiger partial charge in [-0.25, -0.2) is 9.59 Å². The molecule has 0 aliphatic carbocycles. The minimum absolute atomic E-state index is 0.0564. The maximum Gasteiger partial charge on any atom is 0.332 e. The number of aliphatic hydroxyl groups is 1. The van der Waals surface area contributed by atoms with E-state index in [-0.39, 0.29) is 19.5 Å². The minimum atomic E-state index is -1.48. The van der Waals surface area contributed by atoms with Gasteiger partial charge in [0.2, 0.25) is 0 Å². The van der Waals surface area contributed by atoms with Gasteiger partial charge in [-0.2, -0.15) is 5.26 Å². The van der Waals surface area contributed by atoms with E-state index in [0.29, 0.717) is 13.2 Å². The standard InChI is InChI=1S/C10H15N3O5/c11-5-7-6-13(3-4-18-7)10(17)12-2-1-8(14)9(15)16/h7-8,14H,1-4,6H2,(H,12,17)(H,15,16). The van der Waals surface area contributed by atoms with E-state index in [2.05, 4.69) is 5.32 Å². The molecule has 3 N–H and O–H groups in total. The van der Waals surface area contributed by atoms with E-state index in [0.717, 1.165) is 0 Å². The zero-order valence-corrected chi connectivity index (χ0v) is 9.70. The maximum absolute atomic E-state index is 11.6. The highest BCUT2D eigenvalue weighted by Gasteiger charge is 2.23. The zero-order chi connectivity index (χ0) is 13.5. The van der Waals surface area contributed by atoms with E-state index >= 15 is 0 Å². The number of amides is 2. The lowest BCUT2D eigenvalue weighted by atomic mass is 10.2. The van der Waals surface area contributed by atoms with Crippen molar-refractivity contribution in [1.29, 1.82) is 5.26 Å². The number of hydrogen-bond donors (Lipinski definition) is 3. The first-order chi connectivity index (χ1) is 8.54. The fraction of sp³-hybridized carbons (Fsp3) is 0.700. The van der Waals surface area contributed by atoms with Crippen molar-refractivity contribution in [2.24, 2.45) is 0 Å². The molecule has 1 fully saturated rings. The highest BCUT2D eigenvalue weighted by atomic mass is 16.5. The first kappa shape index (κ1) is 14.2. The molecule has 1 heterocycles. The molecular weight excluding hydrogens is 242 g/mol. The summed E-state index contributed by atoms with van der Waals surface area (Å²) in [7, 11) is 0. The second kappa shape index (κ2) is 6.78. The van der Waals surface area contributed by atoms with Crippen molar-refractivity contribution >= 4 is 12.0 Å². The van der Waals surface area contributed by atoms with Crippen molar-refractivity contribution < 1.29 is 24.5 Å².